The summed E-state index contributed by atoms with van der Waals surface area (Å²) in [6.07, 6.45) is 0. The average Bonchev–Trinajstić information content (AvgIpc) is 2.80. The van der Waals surface area contributed by atoms with Gasteiger partial charge in [0.15, 0.2) is 11.5 Å². The molecule has 0 radical (unpaired) electrons. The number of benzene rings is 4. The molecule has 180 valence electrons. The molecule has 0 fully saturated rings. The summed E-state index contributed by atoms with van der Waals surface area (Å²) in [7, 11) is 0. The van der Waals surface area contributed by atoms with Crippen molar-refractivity contribution < 1.29 is 9.47 Å². The summed E-state index contributed by atoms with van der Waals surface area (Å²) < 4.78 is 11.8. The van der Waals surface area contributed by atoms with Gasteiger partial charge in [0.05, 0.1) is 20.1 Å². The zero-order valence-electron chi connectivity index (χ0n) is 18.9. The van der Waals surface area contributed by atoms with E-state index in [-0.39, 0.29) is 0 Å². The summed E-state index contributed by atoms with van der Waals surface area (Å²) in [4.78, 5) is 0. The Morgan fingerprint density at radius 3 is 1.11 bits per heavy atom. The molecule has 4 aromatic carbocycles. The Balaban J connectivity index is 1.64. The highest BCUT2D eigenvalue weighted by molar-refractivity contribution is 6.38. The molecule has 0 heterocycles. The van der Waals surface area contributed by atoms with Crippen LogP contribution in [-0.4, -0.2) is 0 Å². The second-order valence-corrected chi connectivity index (χ2v) is 10.1. The Kier molecular flexibility index (Phi) is 7.30. The summed E-state index contributed by atoms with van der Waals surface area (Å²) in [6, 6.07) is 21.2. The lowest BCUT2D eigenvalue weighted by atomic mass is 9.78. The first kappa shape index (κ1) is 25.3. The van der Waals surface area contributed by atoms with Crippen molar-refractivity contribution in [3.05, 3.63) is 104 Å². The number of halogens is 4. The molecule has 0 saturated carbocycles. The van der Waals surface area contributed by atoms with Gasteiger partial charge in [-0.3, -0.25) is 0 Å². The van der Waals surface area contributed by atoms with Gasteiger partial charge in [-0.25, -0.2) is 0 Å². The molecule has 0 aromatic heterocycles. The lowest BCUT2D eigenvalue weighted by Gasteiger charge is -2.28. The number of anilines is 2. The molecule has 4 N–H and O–H groups in total. The summed E-state index contributed by atoms with van der Waals surface area (Å²) in [5.74, 6) is 1.87. The van der Waals surface area contributed by atoms with E-state index in [1.165, 1.54) is 0 Å². The van der Waals surface area contributed by atoms with Gasteiger partial charge in [0.2, 0.25) is 0 Å². The van der Waals surface area contributed by atoms with Crippen LogP contribution in [0.1, 0.15) is 25.0 Å². The molecule has 0 aliphatic rings. The lowest BCUT2D eigenvalue weighted by molar-refractivity contribution is 0.482. The van der Waals surface area contributed by atoms with Crippen molar-refractivity contribution in [2.75, 3.05) is 11.5 Å². The highest BCUT2D eigenvalue weighted by Gasteiger charge is 2.28. The number of nitrogen functional groups attached to an aromatic ring is 2. The summed E-state index contributed by atoms with van der Waals surface area (Å²) in [5, 5.41) is 1.49. The number of rotatable bonds is 6. The molecule has 0 aliphatic heterocycles. The van der Waals surface area contributed by atoms with Crippen molar-refractivity contribution in [1.82, 2.24) is 0 Å². The van der Waals surface area contributed by atoms with Crippen molar-refractivity contribution >= 4 is 57.8 Å². The van der Waals surface area contributed by atoms with Gasteiger partial charge in [0.1, 0.15) is 11.5 Å². The normalized spacial score (nSPS) is 11.4. The maximum absolute atomic E-state index is 6.58. The van der Waals surface area contributed by atoms with E-state index in [1.54, 1.807) is 48.5 Å². The zero-order chi connectivity index (χ0) is 25.3. The average molecular weight is 548 g/mol. The van der Waals surface area contributed by atoms with Crippen molar-refractivity contribution in [1.29, 1.82) is 0 Å². The molecule has 0 unspecified atom stereocenters. The van der Waals surface area contributed by atoms with Crippen LogP contribution in [-0.2, 0) is 5.41 Å². The quantitative estimate of drug-likeness (QED) is 0.236. The Labute approximate surface area is 224 Å². The van der Waals surface area contributed by atoms with Crippen LogP contribution in [0.4, 0.5) is 11.4 Å². The third-order valence-electron chi connectivity index (χ3n) is 5.64. The van der Waals surface area contributed by atoms with Crippen LogP contribution < -0.4 is 20.9 Å². The largest absolute Gasteiger partial charge is 0.454 e. The smallest absolute Gasteiger partial charge is 0.164 e. The van der Waals surface area contributed by atoms with E-state index >= 15 is 0 Å². The highest BCUT2D eigenvalue weighted by Crippen LogP contribution is 2.45. The van der Waals surface area contributed by atoms with Crippen molar-refractivity contribution in [2.24, 2.45) is 0 Å². The molecule has 35 heavy (non-hydrogen) atoms. The summed E-state index contributed by atoms with van der Waals surface area (Å²) >= 11 is 26.3. The van der Waals surface area contributed by atoms with Crippen molar-refractivity contribution in [2.45, 2.75) is 19.3 Å². The van der Waals surface area contributed by atoms with E-state index in [0.717, 1.165) is 11.1 Å². The molecule has 8 heteroatoms. The SMILES string of the molecule is CC(C)(c1cc(Cl)c(Oc2ccc(N)cc2)c(Cl)c1)c1cc(Cl)c(Oc2ccc(N)cc2)c(Cl)c1. The molecule has 0 spiro atoms. The maximum atomic E-state index is 6.58. The van der Waals surface area contributed by atoms with Crippen LogP contribution in [0.25, 0.3) is 0 Å². The molecule has 4 aromatic rings. The van der Waals surface area contributed by atoms with Gasteiger partial charge in [-0.05, 0) is 83.9 Å². The number of ether oxygens (including phenoxy) is 2. The van der Waals surface area contributed by atoms with Crippen LogP contribution in [0.15, 0.2) is 72.8 Å². The minimum atomic E-state index is -0.542. The first-order valence-electron chi connectivity index (χ1n) is 10.6. The predicted octanol–water partition coefficient (Wildman–Crippen LogP) is 9.38. The third-order valence-corrected chi connectivity index (χ3v) is 6.76. The number of hydrogen-bond acceptors (Lipinski definition) is 4. The van der Waals surface area contributed by atoms with E-state index in [9.17, 15) is 0 Å². The van der Waals surface area contributed by atoms with Gasteiger partial charge in [-0.2, -0.15) is 0 Å². The van der Waals surface area contributed by atoms with Crippen LogP contribution in [0.5, 0.6) is 23.0 Å². The van der Waals surface area contributed by atoms with Gasteiger partial charge in [0.25, 0.3) is 0 Å². The van der Waals surface area contributed by atoms with Gasteiger partial charge in [-0.15, -0.1) is 0 Å². The van der Waals surface area contributed by atoms with Gasteiger partial charge < -0.3 is 20.9 Å². The topological polar surface area (TPSA) is 70.5 Å². The van der Waals surface area contributed by atoms with Crippen LogP contribution in [0, 0.1) is 0 Å². The highest BCUT2D eigenvalue weighted by atomic mass is 35.5. The molecule has 0 saturated heterocycles. The van der Waals surface area contributed by atoms with Crippen LogP contribution in [0.3, 0.4) is 0 Å². The van der Waals surface area contributed by atoms with Gasteiger partial charge in [-0.1, -0.05) is 60.3 Å². The summed E-state index contributed by atoms with van der Waals surface area (Å²) in [6.45, 7) is 4.05. The Morgan fingerprint density at radius 1 is 0.543 bits per heavy atom. The molecule has 0 atom stereocenters. The monoisotopic (exact) mass is 546 g/mol. The minimum absolute atomic E-state index is 0.362. The van der Waals surface area contributed by atoms with E-state index in [2.05, 4.69) is 0 Å². The zero-order valence-corrected chi connectivity index (χ0v) is 21.9. The van der Waals surface area contributed by atoms with Gasteiger partial charge >= 0.3 is 0 Å². The van der Waals surface area contributed by atoms with Crippen LogP contribution in [0.2, 0.25) is 20.1 Å². The minimum Gasteiger partial charge on any atom is -0.454 e. The van der Waals surface area contributed by atoms with Crippen LogP contribution >= 0.6 is 46.4 Å². The molecular formula is C27H22Cl4N2O2. The second kappa shape index (κ2) is 10.1. The Bertz CT molecular complexity index is 1220. The number of hydrogen-bond donors (Lipinski definition) is 2. The predicted molar refractivity (Wildman–Crippen MR) is 147 cm³/mol. The molecule has 0 aliphatic carbocycles. The molecular weight excluding hydrogens is 526 g/mol. The Hall–Kier alpha value is -2.76. The fourth-order valence-electron chi connectivity index (χ4n) is 3.51. The first-order valence-corrected chi connectivity index (χ1v) is 12.1. The second-order valence-electron chi connectivity index (χ2n) is 8.51. The maximum Gasteiger partial charge on any atom is 0.164 e. The first-order chi connectivity index (χ1) is 16.5. The standard InChI is InChI=1S/C27H22Cl4N2O2/c1-27(2,15-11-21(28)25(22(29)12-15)34-19-7-3-17(32)4-8-19)16-13-23(30)26(24(31)14-16)35-20-9-5-18(33)6-10-20/h3-14H,32-33H2,1-2H3. The number of nitrogens with two attached hydrogens (primary N) is 2. The van der Waals surface area contributed by atoms with Gasteiger partial charge in [0, 0.05) is 16.8 Å². The van der Waals surface area contributed by atoms with E-state index in [4.69, 9.17) is 67.3 Å². The fourth-order valence-corrected chi connectivity index (χ4v) is 4.64. The molecule has 0 amide bonds. The van der Waals surface area contributed by atoms with E-state index in [1.807, 2.05) is 38.1 Å². The van der Waals surface area contributed by atoms with E-state index < -0.39 is 5.41 Å². The van der Waals surface area contributed by atoms with Crippen molar-refractivity contribution in [3.63, 3.8) is 0 Å². The molecule has 4 nitrogen and oxygen atoms in total. The van der Waals surface area contributed by atoms with E-state index in [0.29, 0.717) is 54.5 Å². The Morgan fingerprint density at radius 2 is 0.829 bits per heavy atom. The molecule has 0 bridgehead atoms. The summed E-state index contributed by atoms with van der Waals surface area (Å²) in [5.41, 5.74) is 13.9. The molecule has 4 rings (SSSR count). The fraction of sp³-hybridized carbons (Fsp3) is 0.111. The lowest BCUT2D eigenvalue weighted by Crippen LogP contribution is -2.19. The van der Waals surface area contributed by atoms with Crippen molar-refractivity contribution in [3.8, 4) is 23.0 Å². The third kappa shape index (κ3) is 5.57.